The van der Waals surface area contributed by atoms with E-state index in [1.54, 1.807) is 76.5 Å². The second-order valence-electron chi connectivity index (χ2n) is 14.5. The highest BCUT2D eigenvalue weighted by Crippen LogP contribution is 2.50. The molecule has 7 rings (SSSR count). The number of benzene rings is 6. The van der Waals surface area contributed by atoms with Gasteiger partial charge in [0.25, 0.3) is 0 Å². The first-order valence-electron chi connectivity index (χ1n) is 18.9. The van der Waals surface area contributed by atoms with Crippen molar-refractivity contribution in [3.63, 3.8) is 0 Å². The zero-order chi connectivity index (χ0) is 46.8. The summed E-state index contributed by atoms with van der Waals surface area (Å²) in [4.78, 5) is 1.76. The third kappa shape index (κ3) is 11.3. The van der Waals surface area contributed by atoms with Gasteiger partial charge in [-0.05, 0) is 48.5 Å². The zero-order valence-electron chi connectivity index (χ0n) is 32.4. The Labute approximate surface area is 354 Å². The molecular weight excluding hydrogens is 883 g/mol. The third-order valence-corrected chi connectivity index (χ3v) is 10.3. The van der Waals surface area contributed by atoms with Gasteiger partial charge in [0.15, 0.2) is 12.1 Å². The summed E-state index contributed by atoms with van der Waals surface area (Å²) in [5, 5.41) is 0. The maximum atomic E-state index is 13.8. The second kappa shape index (κ2) is 18.1. The lowest BCUT2D eigenvalue weighted by atomic mass is 9.87. The molecule has 0 fully saturated rings. The van der Waals surface area contributed by atoms with Crippen LogP contribution >= 0.6 is 0 Å². The largest absolute Gasteiger partial charge is 0.673 e. The second-order valence-corrected chi connectivity index (χ2v) is 14.5. The predicted octanol–water partition coefficient (Wildman–Crippen LogP) is 14.8. The molecular formula is C45H31BF16N2. The van der Waals surface area contributed by atoms with Crippen LogP contribution in [0.1, 0.15) is 79.8 Å². The number of alkyl halides is 12. The van der Waals surface area contributed by atoms with E-state index in [9.17, 15) is 69.9 Å². The first kappa shape index (κ1) is 47.2. The third-order valence-electron chi connectivity index (χ3n) is 10.3. The molecule has 0 radical (unpaired) electrons. The van der Waals surface area contributed by atoms with Crippen LogP contribution in [0.2, 0.25) is 0 Å². The number of hydrogen-bond donors (Lipinski definition) is 0. The summed E-state index contributed by atoms with van der Waals surface area (Å²) in [6, 6.07) is 30.5. The van der Waals surface area contributed by atoms with Gasteiger partial charge in [0.05, 0.1) is 22.3 Å². The van der Waals surface area contributed by atoms with Gasteiger partial charge in [-0.2, -0.15) is 52.7 Å². The van der Waals surface area contributed by atoms with E-state index in [2.05, 4.69) is 0 Å². The standard InChI is InChI=1S/C45H31F12N2.BF4/c46-42(47,48)34-19-11-30(12-20-34)38(31-13-21-35(22-14-31)43(49,50)51)58-27-59(41(29-9-5-2-6-10-29)40(58)28-7-3-1-4-8-28)39(32-15-23-36(24-16-32)44(52,53)54)33-17-25-37(26-18-33)45(55,56)57;2-1(3,4)5/h1-27,38-41H;/q+1;-1/t40-,41-;/m0./s1. The molecule has 19 heteroatoms. The number of hydrogen-bond acceptors (Lipinski definition) is 1. The molecule has 0 unspecified atom stereocenters. The molecule has 64 heavy (non-hydrogen) atoms. The van der Waals surface area contributed by atoms with E-state index in [1.807, 2.05) is 0 Å². The molecule has 1 aliphatic heterocycles. The molecule has 2 nitrogen and oxygen atoms in total. The molecule has 0 amide bonds. The van der Waals surface area contributed by atoms with Gasteiger partial charge < -0.3 is 17.3 Å². The Morgan fingerprint density at radius 3 is 0.969 bits per heavy atom. The van der Waals surface area contributed by atoms with Gasteiger partial charge in [-0.15, -0.1) is 0 Å². The lowest BCUT2D eigenvalue weighted by Crippen LogP contribution is -2.31. The van der Waals surface area contributed by atoms with E-state index in [-0.39, 0.29) is 22.3 Å². The molecule has 2 atom stereocenters. The van der Waals surface area contributed by atoms with Gasteiger partial charge in [0, 0.05) is 33.4 Å². The Bertz CT molecular complexity index is 2360. The summed E-state index contributed by atoms with van der Waals surface area (Å²) in [7, 11) is -6.00. The molecule has 0 saturated heterocycles. The Kier molecular flexibility index (Phi) is 13.3. The molecule has 1 aliphatic rings. The van der Waals surface area contributed by atoms with E-state index < -0.39 is 78.4 Å². The van der Waals surface area contributed by atoms with Crippen LogP contribution in [-0.2, 0) is 24.7 Å². The fourth-order valence-corrected chi connectivity index (χ4v) is 7.58. The van der Waals surface area contributed by atoms with Crippen LogP contribution in [0.4, 0.5) is 69.9 Å². The van der Waals surface area contributed by atoms with Crippen molar-refractivity contribution in [1.82, 2.24) is 4.90 Å². The highest BCUT2D eigenvalue weighted by atomic mass is 19.5. The van der Waals surface area contributed by atoms with Crippen molar-refractivity contribution < 1.29 is 74.5 Å². The van der Waals surface area contributed by atoms with Gasteiger partial charge in [0.1, 0.15) is 12.1 Å². The van der Waals surface area contributed by atoms with Gasteiger partial charge in [-0.25, -0.2) is 9.48 Å². The summed E-state index contributed by atoms with van der Waals surface area (Å²) in [5.74, 6) is 0. The van der Waals surface area contributed by atoms with E-state index in [4.69, 9.17) is 0 Å². The summed E-state index contributed by atoms with van der Waals surface area (Å²) in [5.41, 5.74) is -1.57. The highest BCUT2D eigenvalue weighted by molar-refractivity contribution is 6.50. The van der Waals surface area contributed by atoms with Crippen LogP contribution in [-0.4, -0.2) is 23.1 Å². The van der Waals surface area contributed by atoms with Crippen molar-refractivity contribution in [2.75, 3.05) is 0 Å². The van der Waals surface area contributed by atoms with E-state index >= 15 is 0 Å². The quantitative estimate of drug-likeness (QED) is 0.0838. The summed E-state index contributed by atoms with van der Waals surface area (Å²) in [6.45, 7) is 0. The van der Waals surface area contributed by atoms with Gasteiger partial charge >= 0.3 is 32.0 Å². The molecule has 0 saturated carbocycles. The lowest BCUT2D eigenvalue weighted by molar-refractivity contribution is -0.596. The zero-order valence-corrected chi connectivity index (χ0v) is 32.4. The Hall–Kier alpha value is -6.27. The Morgan fingerprint density at radius 1 is 0.391 bits per heavy atom. The maximum absolute atomic E-state index is 13.8. The molecule has 0 aromatic heterocycles. The minimum absolute atomic E-state index is 0.254. The van der Waals surface area contributed by atoms with Crippen molar-refractivity contribution in [1.29, 1.82) is 0 Å². The SMILES string of the molecule is FC(F)(F)c1ccc(C(c2ccc(C(F)(F)F)cc2)N2C=[N+](C(c3ccc(C(F)(F)F)cc3)c3ccc(C(F)(F)F)cc3)[C@@H](c3ccccc3)[C@@H]2c2ccccc2)cc1.F[B-](F)(F)F. The van der Waals surface area contributed by atoms with Crippen LogP contribution < -0.4 is 0 Å². The fraction of sp³-hybridized carbons (Fsp3) is 0.178. The van der Waals surface area contributed by atoms with E-state index in [0.29, 0.717) is 11.1 Å². The maximum Gasteiger partial charge on any atom is 0.673 e. The Balaban J connectivity index is 0.00000129. The van der Waals surface area contributed by atoms with Crippen LogP contribution in [0.15, 0.2) is 158 Å². The first-order valence-corrected chi connectivity index (χ1v) is 18.9. The summed E-state index contributed by atoms with van der Waals surface area (Å²) < 4.78 is 207. The molecule has 6 aromatic rings. The van der Waals surface area contributed by atoms with Crippen molar-refractivity contribution >= 4 is 13.6 Å². The normalized spacial score (nSPS) is 16.2. The molecule has 1 heterocycles. The molecule has 6 aromatic carbocycles. The molecule has 0 spiro atoms. The number of rotatable bonds is 8. The van der Waals surface area contributed by atoms with E-state index in [1.165, 1.54) is 48.5 Å². The molecule has 0 N–H and O–H groups in total. The van der Waals surface area contributed by atoms with Crippen LogP contribution in [0, 0.1) is 0 Å². The van der Waals surface area contributed by atoms with Crippen LogP contribution in [0.5, 0.6) is 0 Å². The number of nitrogens with zero attached hydrogens (tertiary/aromatic N) is 2. The monoisotopic (exact) mass is 914 g/mol. The molecule has 0 bridgehead atoms. The van der Waals surface area contributed by atoms with Crippen molar-refractivity contribution in [2.24, 2.45) is 0 Å². The minimum atomic E-state index is -6.00. The van der Waals surface area contributed by atoms with E-state index in [0.717, 1.165) is 48.5 Å². The van der Waals surface area contributed by atoms with Crippen molar-refractivity contribution in [2.45, 2.75) is 48.9 Å². The van der Waals surface area contributed by atoms with Crippen LogP contribution in [0.25, 0.3) is 0 Å². The first-order chi connectivity index (χ1) is 29.8. The Morgan fingerprint density at radius 2 is 0.672 bits per heavy atom. The summed E-state index contributed by atoms with van der Waals surface area (Å²) >= 11 is 0. The van der Waals surface area contributed by atoms with Crippen molar-refractivity contribution in [3.8, 4) is 0 Å². The minimum Gasteiger partial charge on any atom is -0.418 e. The molecule has 336 valence electrons. The molecule has 0 aliphatic carbocycles. The average Bonchev–Trinajstić information content (AvgIpc) is 3.60. The average molecular weight is 915 g/mol. The van der Waals surface area contributed by atoms with Crippen molar-refractivity contribution in [3.05, 3.63) is 213 Å². The topological polar surface area (TPSA) is 6.25 Å². The van der Waals surface area contributed by atoms with Gasteiger partial charge in [-0.3, -0.25) is 0 Å². The van der Waals surface area contributed by atoms with Crippen LogP contribution in [0.3, 0.4) is 0 Å². The van der Waals surface area contributed by atoms with Gasteiger partial charge in [-0.1, -0.05) is 109 Å². The predicted molar refractivity (Wildman–Crippen MR) is 206 cm³/mol. The summed E-state index contributed by atoms with van der Waals surface area (Å²) in [6.07, 6.45) is -17.2. The lowest BCUT2D eigenvalue weighted by Gasteiger charge is -2.31. The highest BCUT2D eigenvalue weighted by Gasteiger charge is 2.51. The fourth-order valence-electron chi connectivity index (χ4n) is 7.58. The smallest absolute Gasteiger partial charge is 0.418 e. The van der Waals surface area contributed by atoms with Gasteiger partial charge in [0.2, 0.25) is 6.34 Å². The number of halogens is 16.